The first-order valence-corrected chi connectivity index (χ1v) is 5.49. The Bertz CT molecular complexity index is 468. The Morgan fingerprint density at radius 3 is 2.14 bits per heavy atom. The Balaban J connectivity index is 2.89. The van der Waals surface area contributed by atoms with E-state index in [0.717, 1.165) is 18.3 Å². The van der Waals surface area contributed by atoms with Gasteiger partial charge in [0.1, 0.15) is 0 Å². The quantitative estimate of drug-likeness (QED) is 0.632. The van der Waals surface area contributed by atoms with Gasteiger partial charge in [0, 0.05) is 12.3 Å². The molecule has 0 fully saturated rings. The van der Waals surface area contributed by atoms with Crippen LogP contribution in [-0.4, -0.2) is 36.0 Å². The van der Waals surface area contributed by atoms with Crippen molar-refractivity contribution in [1.82, 2.24) is 4.98 Å². The molecule has 1 rings (SSSR count). The summed E-state index contributed by atoms with van der Waals surface area (Å²) in [6.45, 7) is 1.58. The predicted molar refractivity (Wildman–Crippen MR) is 56.7 cm³/mol. The van der Waals surface area contributed by atoms with Crippen molar-refractivity contribution >= 4 is 5.97 Å². The summed E-state index contributed by atoms with van der Waals surface area (Å²) in [6, 6.07) is 1.67. The van der Waals surface area contributed by atoms with Crippen molar-refractivity contribution < 1.29 is 40.6 Å². The number of aromatic nitrogens is 1. The van der Waals surface area contributed by atoms with Gasteiger partial charge in [-0.3, -0.25) is 0 Å². The van der Waals surface area contributed by atoms with E-state index in [9.17, 15) is 31.1 Å². The summed E-state index contributed by atoms with van der Waals surface area (Å²) < 4.78 is 82.0. The molecule has 0 N–H and O–H groups in total. The lowest BCUT2D eigenvalue weighted by Gasteiger charge is -2.23. The van der Waals surface area contributed by atoms with E-state index < -0.39 is 30.3 Å². The number of halogens is 6. The van der Waals surface area contributed by atoms with Crippen LogP contribution in [0.4, 0.5) is 26.3 Å². The van der Waals surface area contributed by atoms with Crippen LogP contribution in [0, 0.1) is 0 Å². The SMILES string of the molecule is CCOC(=O)c1ccc(OC(C(F)(F)F)C(F)(F)F)nc1. The molecule has 1 aromatic heterocycles. The number of pyridine rings is 1. The van der Waals surface area contributed by atoms with E-state index >= 15 is 0 Å². The average molecular weight is 317 g/mol. The van der Waals surface area contributed by atoms with Crippen molar-refractivity contribution in [3.63, 3.8) is 0 Å². The Hall–Kier alpha value is -2.00. The number of alkyl halides is 6. The fourth-order valence-electron chi connectivity index (χ4n) is 1.23. The van der Waals surface area contributed by atoms with E-state index in [1.807, 2.05) is 0 Å². The first kappa shape index (κ1) is 17.1. The van der Waals surface area contributed by atoms with Gasteiger partial charge in [-0.05, 0) is 13.0 Å². The molecule has 10 heteroatoms. The van der Waals surface area contributed by atoms with Crippen LogP contribution in [0.3, 0.4) is 0 Å². The number of carbonyl (C=O) groups excluding carboxylic acids is 1. The van der Waals surface area contributed by atoms with Gasteiger partial charge < -0.3 is 9.47 Å². The van der Waals surface area contributed by atoms with Crippen LogP contribution in [0.15, 0.2) is 18.3 Å². The molecule has 0 aliphatic heterocycles. The van der Waals surface area contributed by atoms with Gasteiger partial charge in [-0.25, -0.2) is 9.78 Å². The molecule has 0 saturated heterocycles. The molecule has 0 unspecified atom stereocenters. The first-order valence-electron chi connectivity index (χ1n) is 5.49. The summed E-state index contributed by atoms with van der Waals surface area (Å²) >= 11 is 0. The van der Waals surface area contributed by atoms with Crippen LogP contribution in [0.25, 0.3) is 0 Å². The third kappa shape index (κ3) is 4.80. The van der Waals surface area contributed by atoms with E-state index in [1.165, 1.54) is 6.92 Å². The van der Waals surface area contributed by atoms with Gasteiger partial charge in [0.25, 0.3) is 6.10 Å². The van der Waals surface area contributed by atoms with Crippen LogP contribution in [0.2, 0.25) is 0 Å². The highest BCUT2D eigenvalue weighted by molar-refractivity contribution is 5.89. The molecular formula is C11H9F6NO3. The van der Waals surface area contributed by atoms with Gasteiger partial charge in [0.2, 0.25) is 5.88 Å². The highest BCUT2D eigenvalue weighted by atomic mass is 19.4. The molecular weight excluding hydrogens is 308 g/mol. The number of hydrogen-bond donors (Lipinski definition) is 0. The molecule has 0 amide bonds. The lowest BCUT2D eigenvalue weighted by molar-refractivity contribution is -0.300. The highest BCUT2D eigenvalue weighted by Gasteiger charge is 2.59. The summed E-state index contributed by atoms with van der Waals surface area (Å²) in [7, 11) is 0. The molecule has 0 saturated carbocycles. The van der Waals surface area contributed by atoms with E-state index in [-0.39, 0.29) is 12.2 Å². The molecule has 1 heterocycles. The minimum Gasteiger partial charge on any atom is -0.462 e. The van der Waals surface area contributed by atoms with Gasteiger partial charge in [0.05, 0.1) is 12.2 Å². The standard InChI is InChI=1S/C11H9F6NO3/c1-2-20-8(19)6-3-4-7(18-5-6)21-9(10(12,13)14)11(15,16)17/h3-5,9H,2H2,1H3. The second-order valence-corrected chi connectivity index (χ2v) is 3.69. The summed E-state index contributed by atoms with van der Waals surface area (Å²) in [5.74, 6) is -1.72. The smallest absolute Gasteiger partial charge is 0.434 e. The summed E-state index contributed by atoms with van der Waals surface area (Å²) in [4.78, 5) is 14.5. The lowest BCUT2D eigenvalue weighted by Crippen LogP contribution is -2.46. The summed E-state index contributed by atoms with van der Waals surface area (Å²) in [5, 5.41) is 0. The number of nitrogens with zero attached hydrogens (tertiary/aromatic N) is 1. The molecule has 0 aliphatic carbocycles. The van der Waals surface area contributed by atoms with E-state index in [2.05, 4.69) is 14.5 Å². The molecule has 21 heavy (non-hydrogen) atoms. The molecule has 0 bridgehead atoms. The lowest BCUT2D eigenvalue weighted by atomic mass is 10.3. The Morgan fingerprint density at radius 1 is 1.19 bits per heavy atom. The second kappa shape index (κ2) is 6.19. The van der Waals surface area contributed by atoms with Gasteiger partial charge >= 0.3 is 18.3 Å². The van der Waals surface area contributed by atoms with Crippen molar-refractivity contribution in [1.29, 1.82) is 0 Å². The molecule has 0 aromatic carbocycles. The van der Waals surface area contributed by atoms with Crippen LogP contribution < -0.4 is 4.74 Å². The number of ether oxygens (including phenoxy) is 2. The molecule has 118 valence electrons. The van der Waals surface area contributed by atoms with E-state index in [1.54, 1.807) is 0 Å². The normalized spacial score (nSPS) is 12.4. The minimum absolute atomic E-state index is 0.0569. The Labute approximate surface area is 114 Å². The molecule has 0 atom stereocenters. The Kier molecular flexibility index (Phi) is 5.02. The van der Waals surface area contributed by atoms with Gasteiger partial charge in [-0.15, -0.1) is 0 Å². The van der Waals surface area contributed by atoms with Gasteiger partial charge in [-0.2, -0.15) is 26.3 Å². The van der Waals surface area contributed by atoms with Crippen molar-refractivity contribution in [2.45, 2.75) is 25.4 Å². The monoisotopic (exact) mass is 317 g/mol. The van der Waals surface area contributed by atoms with Crippen molar-refractivity contribution in [2.24, 2.45) is 0 Å². The molecule has 0 aliphatic rings. The number of esters is 1. The molecule has 1 aromatic rings. The van der Waals surface area contributed by atoms with Crippen LogP contribution in [-0.2, 0) is 4.74 Å². The zero-order chi connectivity index (χ0) is 16.3. The van der Waals surface area contributed by atoms with Crippen LogP contribution in [0.1, 0.15) is 17.3 Å². The molecule has 4 nitrogen and oxygen atoms in total. The number of rotatable bonds is 4. The average Bonchev–Trinajstić information content (AvgIpc) is 2.34. The number of hydrogen-bond acceptors (Lipinski definition) is 4. The topological polar surface area (TPSA) is 48.4 Å². The third-order valence-electron chi connectivity index (χ3n) is 2.08. The maximum atomic E-state index is 12.3. The zero-order valence-electron chi connectivity index (χ0n) is 10.5. The fourth-order valence-corrected chi connectivity index (χ4v) is 1.23. The van der Waals surface area contributed by atoms with Crippen LogP contribution >= 0.6 is 0 Å². The Morgan fingerprint density at radius 2 is 1.76 bits per heavy atom. The minimum atomic E-state index is -5.64. The van der Waals surface area contributed by atoms with Crippen molar-refractivity contribution in [3.8, 4) is 5.88 Å². The zero-order valence-corrected chi connectivity index (χ0v) is 10.5. The highest BCUT2D eigenvalue weighted by Crippen LogP contribution is 2.35. The second-order valence-electron chi connectivity index (χ2n) is 3.69. The first-order chi connectivity index (χ1) is 9.55. The van der Waals surface area contributed by atoms with E-state index in [0.29, 0.717) is 0 Å². The maximum absolute atomic E-state index is 12.3. The van der Waals surface area contributed by atoms with Gasteiger partial charge in [0.15, 0.2) is 0 Å². The summed E-state index contributed by atoms with van der Waals surface area (Å²) in [6.07, 6.45) is -14.5. The fraction of sp³-hybridized carbons (Fsp3) is 0.455. The molecule has 0 spiro atoms. The number of carbonyl (C=O) groups is 1. The maximum Gasteiger partial charge on any atom is 0.434 e. The summed E-state index contributed by atoms with van der Waals surface area (Å²) in [5.41, 5.74) is -0.125. The predicted octanol–water partition coefficient (Wildman–Crippen LogP) is 3.13. The van der Waals surface area contributed by atoms with E-state index in [4.69, 9.17) is 0 Å². The molecule has 0 radical (unpaired) electrons. The van der Waals surface area contributed by atoms with Crippen molar-refractivity contribution in [3.05, 3.63) is 23.9 Å². The van der Waals surface area contributed by atoms with Crippen LogP contribution in [0.5, 0.6) is 5.88 Å². The third-order valence-corrected chi connectivity index (χ3v) is 2.08. The largest absolute Gasteiger partial charge is 0.462 e. The van der Waals surface area contributed by atoms with Gasteiger partial charge in [-0.1, -0.05) is 0 Å². The van der Waals surface area contributed by atoms with Crippen molar-refractivity contribution in [2.75, 3.05) is 6.61 Å².